The number of aromatic nitrogens is 4. The predicted molar refractivity (Wildman–Crippen MR) is 128 cm³/mol. The van der Waals surface area contributed by atoms with Crippen molar-refractivity contribution in [1.29, 1.82) is 0 Å². The minimum absolute atomic E-state index is 0.216. The molecule has 0 fully saturated rings. The van der Waals surface area contributed by atoms with Gasteiger partial charge in [-0.15, -0.1) is 5.10 Å². The summed E-state index contributed by atoms with van der Waals surface area (Å²) in [6, 6.07) is 20.0. The van der Waals surface area contributed by atoms with Gasteiger partial charge in [-0.25, -0.2) is 14.5 Å². The van der Waals surface area contributed by atoms with Gasteiger partial charge in [-0.05, 0) is 47.7 Å². The van der Waals surface area contributed by atoms with Crippen LogP contribution in [-0.4, -0.2) is 37.1 Å². The summed E-state index contributed by atoms with van der Waals surface area (Å²) < 4.78 is 1.62. The number of carboxylic acid groups (broad SMARTS) is 1. The number of hydrogen-bond donors (Lipinski definition) is 3. The Labute approximate surface area is 196 Å². The first kappa shape index (κ1) is 22.7. The zero-order valence-corrected chi connectivity index (χ0v) is 18.8. The van der Waals surface area contributed by atoms with Gasteiger partial charge in [0.25, 0.3) is 5.91 Å². The second-order valence-corrected chi connectivity index (χ2v) is 7.87. The molecular weight excluding hydrogens is 432 g/mol. The molecule has 0 saturated carbocycles. The van der Waals surface area contributed by atoms with Crippen molar-refractivity contribution < 1.29 is 14.7 Å². The van der Waals surface area contributed by atoms with Crippen molar-refractivity contribution in [3.8, 4) is 11.1 Å². The number of anilines is 1. The van der Waals surface area contributed by atoms with Crippen LogP contribution in [0.15, 0.2) is 66.9 Å². The van der Waals surface area contributed by atoms with Crippen molar-refractivity contribution >= 4 is 17.8 Å². The first-order valence-corrected chi connectivity index (χ1v) is 10.7. The van der Waals surface area contributed by atoms with Gasteiger partial charge < -0.3 is 10.4 Å². The molecule has 0 aliphatic heterocycles. The second-order valence-electron chi connectivity index (χ2n) is 7.87. The minimum atomic E-state index is -1.18. The van der Waals surface area contributed by atoms with Crippen LogP contribution in [0.3, 0.4) is 0 Å². The molecule has 172 valence electrons. The van der Waals surface area contributed by atoms with Crippen molar-refractivity contribution in [2.45, 2.75) is 26.9 Å². The standard InChI is InChI=1S/C25H24N6O3/c1-16-12-23(28-25(33)34)27-17(2)21(16)13-26-24(32)22-15-31(30-29-22)14-18-8-10-20(11-9-18)19-6-4-3-5-7-19/h3-12,15H,13-14H2,1-2H3,(H,26,32)(H,27,28)(H,33,34). The molecule has 34 heavy (non-hydrogen) atoms. The molecule has 0 bridgehead atoms. The van der Waals surface area contributed by atoms with E-state index >= 15 is 0 Å². The molecular formula is C25H24N6O3. The number of amides is 2. The Kier molecular flexibility index (Phi) is 6.63. The zero-order valence-electron chi connectivity index (χ0n) is 18.8. The first-order chi connectivity index (χ1) is 16.4. The van der Waals surface area contributed by atoms with Gasteiger partial charge in [-0.1, -0.05) is 59.8 Å². The molecule has 0 saturated heterocycles. The van der Waals surface area contributed by atoms with Crippen LogP contribution in [-0.2, 0) is 13.1 Å². The van der Waals surface area contributed by atoms with Crippen LogP contribution < -0.4 is 10.6 Å². The molecule has 4 rings (SSSR count). The maximum atomic E-state index is 12.6. The van der Waals surface area contributed by atoms with E-state index in [0.29, 0.717) is 12.2 Å². The lowest BCUT2D eigenvalue weighted by Gasteiger charge is -2.12. The Morgan fingerprint density at radius 3 is 2.38 bits per heavy atom. The molecule has 2 heterocycles. The van der Waals surface area contributed by atoms with E-state index in [1.807, 2.05) is 37.3 Å². The number of aryl methyl sites for hydroxylation is 2. The van der Waals surface area contributed by atoms with Gasteiger partial charge >= 0.3 is 6.09 Å². The number of nitrogens with zero attached hydrogens (tertiary/aromatic N) is 4. The van der Waals surface area contributed by atoms with Crippen LogP contribution in [0.1, 0.15) is 32.9 Å². The smallest absolute Gasteiger partial charge is 0.410 e. The number of rotatable bonds is 7. The van der Waals surface area contributed by atoms with E-state index in [1.54, 1.807) is 23.9 Å². The van der Waals surface area contributed by atoms with Crippen LogP contribution >= 0.6 is 0 Å². The van der Waals surface area contributed by atoms with Crippen molar-refractivity contribution in [2.24, 2.45) is 0 Å². The van der Waals surface area contributed by atoms with Gasteiger partial charge in [0.2, 0.25) is 0 Å². The van der Waals surface area contributed by atoms with Gasteiger partial charge in [-0.2, -0.15) is 0 Å². The molecule has 0 radical (unpaired) electrons. The van der Waals surface area contributed by atoms with E-state index in [2.05, 4.69) is 50.2 Å². The highest BCUT2D eigenvalue weighted by Crippen LogP contribution is 2.20. The lowest BCUT2D eigenvalue weighted by molar-refractivity contribution is 0.0945. The average Bonchev–Trinajstić information content (AvgIpc) is 3.27. The Morgan fingerprint density at radius 1 is 1.00 bits per heavy atom. The van der Waals surface area contributed by atoms with E-state index in [9.17, 15) is 9.59 Å². The summed E-state index contributed by atoms with van der Waals surface area (Å²) in [5.41, 5.74) is 5.82. The normalized spacial score (nSPS) is 10.6. The van der Waals surface area contributed by atoms with Crippen LogP contribution in [0.5, 0.6) is 0 Å². The molecule has 0 aliphatic rings. The van der Waals surface area contributed by atoms with E-state index in [0.717, 1.165) is 27.8 Å². The molecule has 0 unspecified atom stereocenters. The minimum Gasteiger partial charge on any atom is -0.465 e. The molecule has 4 aromatic rings. The van der Waals surface area contributed by atoms with E-state index in [4.69, 9.17) is 5.11 Å². The molecule has 0 aliphatic carbocycles. The summed E-state index contributed by atoms with van der Waals surface area (Å²) >= 11 is 0. The second kappa shape index (κ2) is 9.95. The fourth-order valence-electron chi connectivity index (χ4n) is 3.66. The Balaban J connectivity index is 1.37. The molecule has 0 spiro atoms. The van der Waals surface area contributed by atoms with Crippen molar-refractivity contribution in [1.82, 2.24) is 25.3 Å². The number of nitrogens with one attached hydrogen (secondary N) is 2. The van der Waals surface area contributed by atoms with E-state index in [1.165, 1.54) is 0 Å². The molecule has 2 aromatic heterocycles. The number of carbonyl (C=O) groups is 2. The number of pyridine rings is 1. The lowest BCUT2D eigenvalue weighted by Crippen LogP contribution is -2.24. The van der Waals surface area contributed by atoms with Crippen LogP contribution in [0, 0.1) is 13.8 Å². The molecule has 9 heteroatoms. The summed E-state index contributed by atoms with van der Waals surface area (Å²) in [5, 5.41) is 22.0. The summed E-state index contributed by atoms with van der Waals surface area (Å²) in [4.78, 5) is 27.6. The number of hydrogen-bond acceptors (Lipinski definition) is 5. The van der Waals surface area contributed by atoms with Crippen LogP contribution in [0.25, 0.3) is 11.1 Å². The summed E-state index contributed by atoms with van der Waals surface area (Å²) in [6.45, 7) is 4.34. The maximum absolute atomic E-state index is 12.6. The van der Waals surface area contributed by atoms with Gasteiger partial charge in [0.05, 0.1) is 12.7 Å². The zero-order chi connectivity index (χ0) is 24.1. The van der Waals surface area contributed by atoms with Gasteiger partial charge in [-0.3, -0.25) is 10.1 Å². The maximum Gasteiger partial charge on any atom is 0.410 e. The Bertz CT molecular complexity index is 1290. The van der Waals surface area contributed by atoms with Gasteiger partial charge in [0.1, 0.15) is 5.82 Å². The summed E-state index contributed by atoms with van der Waals surface area (Å²) in [6.07, 6.45) is 0.431. The third kappa shape index (κ3) is 5.44. The molecule has 2 aromatic carbocycles. The molecule has 3 N–H and O–H groups in total. The molecule has 2 amide bonds. The lowest BCUT2D eigenvalue weighted by atomic mass is 10.0. The number of carbonyl (C=O) groups excluding carboxylic acids is 1. The highest BCUT2D eigenvalue weighted by molar-refractivity contribution is 5.91. The van der Waals surface area contributed by atoms with Crippen LogP contribution in [0.2, 0.25) is 0 Å². The van der Waals surface area contributed by atoms with Gasteiger partial charge in [0.15, 0.2) is 5.69 Å². The first-order valence-electron chi connectivity index (χ1n) is 10.7. The quantitative estimate of drug-likeness (QED) is 0.386. The topological polar surface area (TPSA) is 122 Å². The highest BCUT2D eigenvalue weighted by atomic mass is 16.4. The van der Waals surface area contributed by atoms with Crippen molar-refractivity contribution in [3.05, 3.63) is 94.9 Å². The largest absolute Gasteiger partial charge is 0.465 e. The fraction of sp³-hybridized carbons (Fsp3) is 0.160. The average molecular weight is 457 g/mol. The van der Waals surface area contributed by atoms with E-state index in [-0.39, 0.29) is 24.0 Å². The summed E-state index contributed by atoms with van der Waals surface area (Å²) in [7, 11) is 0. The highest BCUT2D eigenvalue weighted by Gasteiger charge is 2.14. The number of benzene rings is 2. The fourth-order valence-corrected chi connectivity index (χ4v) is 3.66. The predicted octanol–water partition coefficient (Wildman–Crippen LogP) is 4.03. The Morgan fingerprint density at radius 2 is 1.71 bits per heavy atom. The Hall–Kier alpha value is -4.53. The summed E-state index contributed by atoms with van der Waals surface area (Å²) in [5.74, 6) is -0.102. The van der Waals surface area contributed by atoms with E-state index < -0.39 is 6.09 Å². The molecule has 0 atom stereocenters. The molecule has 9 nitrogen and oxygen atoms in total. The van der Waals surface area contributed by atoms with Crippen molar-refractivity contribution in [2.75, 3.05) is 5.32 Å². The van der Waals surface area contributed by atoms with Crippen LogP contribution in [0.4, 0.5) is 10.6 Å². The van der Waals surface area contributed by atoms with Crippen molar-refractivity contribution in [3.63, 3.8) is 0 Å². The van der Waals surface area contributed by atoms with Gasteiger partial charge in [0, 0.05) is 12.2 Å². The monoisotopic (exact) mass is 456 g/mol. The third-order valence-corrected chi connectivity index (χ3v) is 5.39. The SMILES string of the molecule is Cc1cc(NC(=O)O)nc(C)c1CNC(=O)c1cn(Cc2ccc(-c3ccccc3)cc2)nn1. The third-order valence-electron chi connectivity index (χ3n) is 5.39.